The average molecular weight is 473 g/mol. The third-order valence-electron chi connectivity index (χ3n) is 10.1. The quantitative estimate of drug-likeness (QED) is 0.475. The molecule has 0 aliphatic heterocycles. The largest absolute Gasteiger partial charge is 0.456 e. The zero-order chi connectivity index (χ0) is 25.2. The van der Waals surface area contributed by atoms with Gasteiger partial charge < -0.3 is 14.9 Å². The van der Waals surface area contributed by atoms with E-state index in [1.165, 1.54) is 13.0 Å². The third kappa shape index (κ3) is 3.55. The molecule has 188 valence electrons. The first-order valence-electron chi connectivity index (χ1n) is 12.8. The molecule has 0 bridgehead atoms. The third-order valence-corrected chi connectivity index (χ3v) is 10.1. The number of carbonyl (C=O) groups excluding carboxylic acids is 3. The molecule has 0 saturated heterocycles. The number of carbonyl (C=O) groups is 3. The molecule has 0 aromatic carbocycles. The highest BCUT2D eigenvalue weighted by Crippen LogP contribution is 2.68. The van der Waals surface area contributed by atoms with Crippen LogP contribution in [0.5, 0.6) is 0 Å². The molecular weight excluding hydrogens is 432 g/mol. The lowest BCUT2D eigenvalue weighted by atomic mass is 9.54. The van der Waals surface area contributed by atoms with E-state index >= 15 is 0 Å². The maximum absolute atomic E-state index is 12.9. The topological polar surface area (TPSA) is 101 Å². The molecule has 4 rings (SSSR count). The average Bonchev–Trinajstić information content (AvgIpc) is 3.00. The highest BCUT2D eigenvalue weighted by Gasteiger charge is 2.75. The van der Waals surface area contributed by atoms with E-state index in [9.17, 15) is 24.6 Å². The van der Waals surface area contributed by atoms with E-state index in [2.05, 4.69) is 6.92 Å². The summed E-state index contributed by atoms with van der Waals surface area (Å²) in [6.45, 7) is 11.3. The fourth-order valence-corrected chi connectivity index (χ4v) is 7.62. The second kappa shape index (κ2) is 8.41. The highest BCUT2D eigenvalue weighted by atomic mass is 16.6. The van der Waals surface area contributed by atoms with Crippen LogP contribution in [-0.4, -0.2) is 45.1 Å². The molecule has 4 aliphatic carbocycles. The van der Waals surface area contributed by atoms with Crippen molar-refractivity contribution < 1.29 is 29.3 Å². The Hall–Kier alpha value is -1.79. The van der Waals surface area contributed by atoms with Gasteiger partial charge in [-0.3, -0.25) is 9.59 Å². The molecule has 2 N–H and O–H groups in total. The van der Waals surface area contributed by atoms with E-state index in [1.807, 2.05) is 27.7 Å². The first kappa shape index (κ1) is 25.3. The van der Waals surface area contributed by atoms with Gasteiger partial charge >= 0.3 is 5.97 Å². The maximum atomic E-state index is 12.9. The zero-order valence-corrected chi connectivity index (χ0v) is 21.4. The van der Waals surface area contributed by atoms with Crippen LogP contribution in [0.3, 0.4) is 0 Å². The predicted molar refractivity (Wildman–Crippen MR) is 128 cm³/mol. The maximum Gasteiger partial charge on any atom is 0.331 e. The summed E-state index contributed by atoms with van der Waals surface area (Å²) in [6.07, 6.45) is 5.24. The number of ether oxygens (including phenoxy) is 1. The number of allylic oxidation sites excluding steroid dienone is 3. The first-order valence-corrected chi connectivity index (χ1v) is 12.8. The number of hydrogen-bond donors (Lipinski definition) is 2. The van der Waals surface area contributed by atoms with Crippen molar-refractivity contribution in [1.82, 2.24) is 0 Å². The molecule has 3 saturated carbocycles. The highest BCUT2D eigenvalue weighted by molar-refractivity contribution is 5.91. The van der Waals surface area contributed by atoms with Crippen molar-refractivity contribution in [3.05, 3.63) is 23.3 Å². The minimum atomic E-state index is -1.64. The van der Waals surface area contributed by atoms with Gasteiger partial charge in [0.05, 0.1) is 0 Å². The van der Waals surface area contributed by atoms with Crippen molar-refractivity contribution in [3.63, 3.8) is 0 Å². The smallest absolute Gasteiger partial charge is 0.331 e. The molecular formula is C28H40O6. The number of rotatable bonds is 4. The minimum Gasteiger partial charge on any atom is -0.456 e. The molecule has 0 radical (unpaired) electrons. The Labute approximate surface area is 202 Å². The lowest BCUT2D eigenvalue weighted by Crippen LogP contribution is -2.70. The van der Waals surface area contributed by atoms with Crippen molar-refractivity contribution in [2.75, 3.05) is 0 Å². The number of Topliss-reactive ketones (excluding diaryl/α,β-unsaturated/α-hetero) is 1. The van der Waals surface area contributed by atoms with E-state index in [4.69, 9.17) is 4.74 Å². The van der Waals surface area contributed by atoms with Crippen LogP contribution in [0.4, 0.5) is 0 Å². The van der Waals surface area contributed by atoms with E-state index < -0.39 is 35.1 Å². The summed E-state index contributed by atoms with van der Waals surface area (Å²) in [6, 6.07) is 0. The summed E-state index contributed by atoms with van der Waals surface area (Å²) in [4.78, 5) is 37.6. The summed E-state index contributed by atoms with van der Waals surface area (Å²) in [7, 11) is 0. The van der Waals surface area contributed by atoms with Crippen molar-refractivity contribution in [2.24, 2.45) is 35.0 Å². The van der Waals surface area contributed by atoms with Crippen LogP contribution in [0.2, 0.25) is 0 Å². The van der Waals surface area contributed by atoms with Gasteiger partial charge in [0.2, 0.25) is 0 Å². The number of fused-ring (bicyclic) bond motifs is 5. The van der Waals surface area contributed by atoms with Crippen LogP contribution in [0, 0.1) is 35.0 Å². The molecule has 34 heavy (non-hydrogen) atoms. The number of esters is 1. The van der Waals surface area contributed by atoms with Gasteiger partial charge in [-0.25, -0.2) is 4.79 Å². The molecule has 0 spiro atoms. The Balaban J connectivity index is 1.77. The molecule has 0 aromatic rings. The molecule has 0 amide bonds. The van der Waals surface area contributed by atoms with Crippen LogP contribution in [0.1, 0.15) is 80.1 Å². The van der Waals surface area contributed by atoms with Gasteiger partial charge in [0.25, 0.3) is 0 Å². The summed E-state index contributed by atoms with van der Waals surface area (Å²) in [5, 5.41) is 24.6. The van der Waals surface area contributed by atoms with Gasteiger partial charge in [0.1, 0.15) is 23.1 Å². The fourth-order valence-electron chi connectivity index (χ4n) is 7.62. The van der Waals surface area contributed by atoms with E-state index in [1.54, 1.807) is 6.08 Å². The number of hydrogen-bond acceptors (Lipinski definition) is 6. The van der Waals surface area contributed by atoms with Crippen LogP contribution >= 0.6 is 0 Å². The molecule has 3 fully saturated rings. The summed E-state index contributed by atoms with van der Waals surface area (Å²) in [5.41, 5.74) is -1.52. The van der Waals surface area contributed by atoms with Gasteiger partial charge in [0.15, 0.2) is 5.78 Å². The lowest BCUT2D eigenvalue weighted by Gasteiger charge is -2.55. The van der Waals surface area contributed by atoms with Crippen LogP contribution in [0.25, 0.3) is 0 Å². The van der Waals surface area contributed by atoms with Crippen LogP contribution in [-0.2, 0) is 19.1 Å². The fraction of sp³-hybridized carbons (Fsp3) is 0.750. The Morgan fingerprint density at radius 3 is 2.47 bits per heavy atom. The van der Waals surface area contributed by atoms with E-state index in [0.29, 0.717) is 32.1 Å². The van der Waals surface area contributed by atoms with Crippen LogP contribution in [0.15, 0.2) is 23.3 Å². The second-order valence-electron chi connectivity index (χ2n) is 12.0. The van der Waals surface area contributed by atoms with Crippen molar-refractivity contribution in [3.8, 4) is 0 Å². The summed E-state index contributed by atoms with van der Waals surface area (Å²) >= 11 is 0. The van der Waals surface area contributed by atoms with Gasteiger partial charge in [-0.2, -0.15) is 0 Å². The van der Waals surface area contributed by atoms with Crippen molar-refractivity contribution in [1.29, 1.82) is 0 Å². The monoisotopic (exact) mass is 472 g/mol. The van der Waals surface area contributed by atoms with E-state index in [-0.39, 0.29) is 41.2 Å². The number of aliphatic hydroxyl groups is 2. The normalized spacial score (nSPS) is 44.1. The van der Waals surface area contributed by atoms with Gasteiger partial charge in [-0.1, -0.05) is 38.8 Å². The van der Waals surface area contributed by atoms with Gasteiger partial charge in [-0.05, 0) is 81.1 Å². The minimum absolute atomic E-state index is 0.0575. The predicted octanol–water partition coefficient (Wildman–Crippen LogP) is 3.93. The van der Waals surface area contributed by atoms with Crippen molar-refractivity contribution >= 4 is 17.5 Å². The van der Waals surface area contributed by atoms with Gasteiger partial charge in [0, 0.05) is 18.4 Å². The Morgan fingerprint density at radius 2 is 1.85 bits per heavy atom. The second-order valence-corrected chi connectivity index (χ2v) is 12.0. The standard InChI is InChI=1S/C28H40O6/c1-15(2)16(3)11-25(31)34-24-13-21(18(5)29)17(4)27(32)14-23-22(28(24,27)33)8-7-19-12-20(30)9-10-26(19,23)6/h11-12,15,17,21-24,32-33H,7-10,13-14H2,1-6H3/b16-11+. The molecule has 6 heteroatoms. The molecule has 8 unspecified atom stereocenters. The first-order chi connectivity index (χ1) is 15.8. The number of ketones is 2. The molecule has 4 aliphatic rings. The lowest BCUT2D eigenvalue weighted by molar-refractivity contribution is -0.260. The Bertz CT molecular complexity index is 962. The summed E-state index contributed by atoms with van der Waals surface area (Å²) in [5.74, 6) is -1.60. The summed E-state index contributed by atoms with van der Waals surface area (Å²) < 4.78 is 5.91. The van der Waals surface area contributed by atoms with E-state index in [0.717, 1.165) is 11.1 Å². The molecule has 0 heterocycles. The molecule has 0 aromatic heterocycles. The SMILES string of the molecule is CC(=O)C1CC(OC(=O)/C=C(\C)C(C)C)C2(O)C3CCC4=CC(=O)CCC4(C)C3CC2(O)C1C. The van der Waals surface area contributed by atoms with Crippen molar-refractivity contribution in [2.45, 2.75) is 97.4 Å². The zero-order valence-electron chi connectivity index (χ0n) is 21.4. The molecule has 8 atom stereocenters. The Kier molecular flexibility index (Phi) is 6.26. The van der Waals surface area contributed by atoms with Gasteiger partial charge in [-0.15, -0.1) is 0 Å². The Morgan fingerprint density at radius 1 is 1.18 bits per heavy atom. The van der Waals surface area contributed by atoms with Crippen LogP contribution < -0.4 is 0 Å². The molecule has 6 nitrogen and oxygen atoms in total.